The largest absolute Gasteiger partial charge is 0.456 e. The van der Waals surface area contributed by atoms with Gasteiger partial charge in [-0.15, -0.1) is 11.3 Å². The Morgan fingerprint density at radius 2 is 0.935 bits per heavy atom. The van der Waals surface area contributed by atoms with Gasteiger partial charge in [-0.05, 0) is 47.5 Å². The van der Waals surface area contributed by atoms with E-state index in [1.807, 2.05) is 24.3 Å². The third kappa shape index (κ3) is 4.74. The maximum Gasteiger partial charge on any atom is 0.164 e. The van der Waals surface area contributed by atoms with Gasteiger partial charge in [0, 0.05) is 47.8 Å². The zero-order chi connectivity index (χ0) is 30.5. The first-order chi connectivity index (χ1) is 22.7. The van der Waals surface area contributed by atoms with Gasteiger partial charge in [-0.25, -0.2) is 15.0 Å². The van der Waals surface area contributed by atoms with Crippen LogP contribution in [-0.2, 0) is 0 Å². The maximum absolute atomic E-state index is 6.11. The summed E-state index contributed by atoms with van der Waals surface area (Å²) in [6.07, 6.45) is 0. The van der Waals surface area contributed by atoms with Crippen LogP contribution in [0.5, 0.6) is 0 Å². The van der Waals surface area contributed by atoms with E-state index in [1.54, 1.807) is 11.3 Å². The molecule has 0 N–H and O–H groups in total. The number of aromatic nitrogens is 3. The topological polar surface area (TPSA) is 51.8 Å². The van der Waals surface area contributed by atoms with Crippen LogP contribution in [-0.4, -0.2) is 15.0 Å². The first-order valence-electron chi connectivity index (χ1n) is 15.2. The number of fused-ring (bicyclic) bond motifs is 4. The predicted molar refractivity (Wildman–Crippen MR) is 190 cm³/mol. The van der Waals surface area contributed by atoms with Crippen molar-refractivity contribution in [2.24, 2.45) is 0 Å². The van der Waals surface area contributed by atoms with E-state index >= 15 is 0 Å². The van der Waals surface area contributed by atoms with Crippen LogP contribution in [0.25, 0.3) is 87.8 Å². The molecule has 0 radical (unpaired) electrons. The second kappa shape index (κ2) is 10.9. The predicted octanol–water partition coefficient (Wildman–Crippen LogP) is 11.3. The molecule has 9 rings (SSSR count). The highest BCUT2D eigenvalue weighted by molar-refractivity contribution is 7.25. The van der Waals surface area contributed by atoms with E-state index in [0.717, 1.165) is 44.5 Å². The average molecular weight is 608 g/mol. The van der Waals surface area contributed by atoms with Crippen molar-refractivity contribution < 1.29 is 4.42 Å². The van der Waals surface area contributed by atoms with E-state index in [4.69, 9.17) is 19.4 Å². The lowest BCUT2D eigenvalue weighted by Gasteiger charge is -2.10. The van der Waals surface area contributed by atoms with Gasteiger partial charge in [0.1, 0.15) is 11.3 Å². The van der Waals surface area contributed by atoms with Gasteiger partial charge in [-0.2, -0.15) is 0 Å². The molecule has 4 nitrogen and oxygen atoms in total. The SMILES string of the molecule is c1ccc(-c2ccc(-c3nc(-c4ccc(-c5cc6ccccc6o5)cc4)nc(-c4ccc5sc6ccccc6c5c4)n3)cc2)cc1. The highest BCUT2D eigenvalue weighted by Crippen LogP contribution is 2.37. The third-order valence-electron chi connectivity index (χ3n) is 8.37. The number of para-hydroxylation sites is 1. The van der Waals surface area contributed by atoms with Crippen molar-refractivity contribution in [2.45, 2.75) is 0 Å². The summed E-state index contributed by atoms with van der Waals surface area (Å²) >= 11 is 1.80. The fourth-order valence-electron chi connectivity index (χ4n) is 5.98. The molecule has 0 amide bonds. The monoisotopic (exact) mass is 607 g/mol. The first-order valence-corrected chi connectivity index (χ1v) is 16.0. The van der Waals surface area contributed by atoms with Crippen LogP contribution >= 0.6 is 11.3 Å². The fourth-order valence-corrected chi connectivity index (χ4v) is 7.06. The average Bonchev–Trinajstić information content (AvgIpc) is 3.74. The highest BCUT2D eigenvalue weighted by atomic mass is 32.1. The molecule has 3 heterocycles. The summed E-state index contributed by atoms with van der Waals surface area (Å²) in [4.78, 5) is 15.1. The van der Waals surface area contributed by atoms with Gasteiger partial charge in [0.05, 0.1) is 0 Å². The molecule has 0 fully saturated rings. The van der Waals surface area contributed by atoms with Gasteiger partial charge >= 0.3 is 0 Å². The third-order valence-corrected chi connectivity index (χ3v) is 9.53. The molecule has 9 aromatic rings. The fraction of sp³-hybridized carbons (Fsp3) is 0. The van der Waals surface area contributed by atoms with Crippen molar-refractivity contribution in [3.05, 3.63) is 152 Å². The van der Waals surface area contributed by atoms with Crippen molar-refractivity contribution in [1.29, 1.82) is 0 Å². The zero-order valence-electron chi connectivity index (χ0n) is 24.6. The molecule has 0 aliphatic heterocycles. The van der Waals surface area contributed by atoms with Crippen molar-refractivity contribution in [2.75, 3.05) is 0 Å². The molecule has 0 bridgehead atoms. The number of hydrogen-bond donors (Lipinski definition) is 0. The minimum absolute atomic E-state index is 0.624. The van der Waals surface area contributed by atoms with Crippen LogP contribution in [0, 0.1) is 0 Å². The van der Waals surface area contributed by atoms with Crippen molar-refractivity contribution in [3.8, 4) is 56.6 Å². The molecular weight excluding hydrogens is 583 g/mol. The first kappa shape index (κ1) is 26.5. The van der Waals surface area contributed by atoms with E-state index in [0.29, 0.717) is 17.5 Å². The Morgan fingerprint density at radius 3 is 1.67 bits per heavy atom. The molecular formula is C41H25N3OS. The lowest BCUT2D eigenvalue weighted by atomic mass is 10.0. The number of benzene rings is 6. The van der Waals surface area contributed by atoms with Gasteiger partial charge in [0.15, 0.2) is 17.5 Å². The highest BCUT2D eigenvalue weighted by Gasteiger charge is 2.15. The standard InChI is InChI=1S/C41H25N3OS/c1-2-8-26(9-3-1)27-14-18-29(19-15-27)39-42-40(30-20-16-28(17-21-30)36-25-31-10-4-6-12-35(31)45-36)44-41(43-39)32-22-23-38-34(24-32)33-11-5-7-13-37(33)46-38/h1-25H. The quantitative estimate of drug-likeness (QED) is 0.195. The van der Waals surface area contributed by atoms with E-state index in [9.17, 15) is 0 Å². The van der Waals surface area contributed by atoms with Crippen LogP contribution in [0.2, 0.25) is 0 Å². The van der Waals surface area contributed by atoms with Gasteiger partial charge in [0.25, 0.3) is 0 Å². The molecule has 0 saturated carbocycles. The Kier molecular flexibility index (Phi) is 6.28. The Balaban J connectivity index is 1.15. The molecule has 0 aliphatic carbocycles. The number of rotatable bonds is 5. The summed E-state index contributed by atoms with van der Waals surface area (Å²) in [5.41, 5.74) is 7.00. The van der Waals surface area contributed by atoms with Crippen LogP contribution < -0.4 is 0 Å². The van der Waals surface area contributed by atoms with Crippen LogP contribution in [0.3, 0.4) is 0 Å². The summed E-state index contributed by atoms with van der Waals surface area (Å²) in [6.45, 7) is 0. The minimum atomic E-state index is 0.624. The molecule has 0 saturated heterocycles. The van der Waals surface area contributed by atoms with E-state index in [-0.39, 0.29) is 0 Å². The second-order valence-corrected chi connectivity index (χ2v) is 12.4. The lowest BCUT2D eigenvalue weighted by molar-refractivity contribution is 0.631. The molecule has 0 spiro atoms. The molecule has 216 valence electrons. The van der Waals surface area contributed by atoms with Crippen molar-refractivity contribution in [1.82, 2.24) is 15.0 Å². The second-order valence-electron chi connectivity index (χ2n) is 11.3. The Hall–Kier alpha value is -5.91. The summed E-state index contributed by atoms with van der Waals surface area (Å²) in [6, 6.07) is 52.2. The van der Waals surface area contributed by atoms with Crippen molar-refractivity contribution >= 4 is 42.5 Å². The Bertz CT molecular complexity index is 2480. The molecule has 46 heavy (non-hydrogen) atoms. The zero-order valence-corrected chi connectivity index (χ0v) is 25.4. The molecule has 5 heteroatoms. The van der Waals surface area contributed by atoms with Gasteiger partial charge < -0.3 is 4.42 Å². The smallest absolute Gasteiger partial charge is 0.164 e. The van der Waals surface area contributed by atoms with Crippen LogP contribution in [0.1, 0.15) is 0 Å². The number of furan rings is 1. The molecule has 6 aromatic carbocycles. The number of thiophene rings is 1. The summed E-state index contributed by atoms with van der Waals surface area (Å²) in [5.74, 6) is 2.74. The molecule has 0 unspecified atom stereocenters. The van der Waals surface area contributed by atoms with Crippen LogP contribution in [0.15, 0.2) is 156 Å². The van der Waals surface area contributed by atoms with Gasteiger partial charge in [0.2, 0.25) is 0 Å². The Labute approximate surface area is 269 Å². The van der Waals surface area contributed by atoms with Crippen LogP contribution in [0.4, 0.5) is 0 Å². The van der Waals surface area contributed by atoms with E-state index in [1.165, 1.54) is 25.7 Å². The van der Waals surface area contributed by atoms with Gasteiger partial charge in [-0.1, -0.05) is 115 Å². The molecule has 0 aliphatic rings. The van der Waals surface area contributed by atoms with E-state index in [2.05, 4.69) is 127 Å². The van der Waals surface area contributed by atoms with Gasteiger partial charge in [-0.3, -0.25) is 0 Å². The Morgan fingerprint density at radius 1 is 0.391 bits per heavy atom. The molecule has 0 atom stereocenters. The summed E-state index contributed by atoms with van der Waals surface area (Å²) < 4.78 is 8.63. The minimum Gasteiger partial charge on any atom is -0.456 e. The number of hydrogen-bond acceptors (Lipinski definition) is 5. The lowest BCUT2D eigenvalue weighted by Crippen LogP contribution is -2.00. The number of nitrogens with zero attached hydrogens (tertiary/aromatic N) is 3. The summed E-state index contributed by atoms with van der Waals surface area (Å²) in [7, 11) is 0. The normalized spacial score (nSPS) is 11.5. The summed E-state index contributed by atoms with van der Waals surface area (Å²) in [5, 5.41) is 3.54. The van der Waals surface area contributed by atoms with E-state index < -0.39 is 0 Å². The molecule has 3 aromatic heterocycles. The van der Waals surface area contributed by atoms with Crippen molar-refractivity contribution in [3.63, 3.8) is 0 Å². The maximum atomic E-state index is 6.11.